The Balaban J connectivity index is 3.18. The maximum absolute atomic E-state index is 12.4. The lowest BCUT2D eigenvalue weighted by molar-refractivity contribution is 0.466. The van der Waals surface area contributed by atoms with Crippen molar-refractivity contribution in [1.82, 2.24) is 4.72 Å². The summed E-state index contributed by atoms with van der Waals surface area (Å²) in [5.41, 5.74) is 5.74. The van der Waals surface area contributed by atoms with E-state index in [2.05, 4.69) is 20.7 Å². The van der Waals surface area contributed by atoms with E-state index < -0.39 is 15.6 Å². The van der Waals surface area contributed by atoms with Crippen molar-refractivity contribution in [2.45, 2.75) is 43.4 Å². The summed E-state index contributed by atoms with van der Waals surface area (Å²) in [4.78, 5) is 0.174. The van der Waals surface area contributed by atoms with Crippen LogP contribution >= 0.6 is 39.5 Å². The minimum absolute atomic E-state index is 0.174. The van der Waals surface area contributed by atoms with Crippen LogP contribution in [0.5, 0.6) is 0 Å². The van der Waals surface area contributed by atoms with Gasteiger partial charge in [0.15, 0.2) is 0 Å². The van der Waals surface area contributed by atoms with Crippen molar-refractivity contribution in [3.05, 3.63) is 15.4 Å². The smallest absolute Gasteiger partial charge is 0.250 e. The largest absolute Gasteiger partial charge is 0.392 e. The van der Waals surface area contributed by atoms with Gasteiger partial charge < -0.3 is 5.73 Å². The van der Waals surface area contributed by atoms with Crippen molar-refractivity contribution in [2.24, 2.45) is 5.73 Å². The highest BCUT2D eigenvalue weighted by atomic mass is 79.9. The van der Waals surface area contributed by atoms with Gasteiger partial charge in [-0.2, -0.15) is 4.72 Å². The second-order valence-corrected chi connectivity index (χ2v) is 9.00. The Labute approximate surface area is 132 Å². The van der Waals surface area contributed by atoms with E-state index >= 15 is 0 Å². The monoisotopic (exact) mass is 384 g/mol. The number of nitrogens with two attached hydrogens (primary N) is 1. The summed E-state index contributed by atoms with van der Waals surface area (Å²) in [6, 6.07) is 1.63. The molecular formula is C11H17BrN2O2S3. The predicted octanol–water partition coefficient (Wildman–Crippen LogP) is 2.94. The predicted molar refractivity (Wildman–Crippen MR) is 87.2 cm³/mol. The molecule has 0 unspecified atom stereocenters. The van der Waals surface area contributed by atoms with Gasteiger partial charge in [-0.3, -0.25) is 0 Å². The maximum atomic E-state index is 12.4. The molecule has 1 rings (SSSR count). The first-order valence-corrected chi connectivity index (χ1v) is 9.28. The molecule has 0 saturated heterocycles. The third kappa shape index (κ3) is 3.55. The summed E-state index contributed by atoms with van der Waals surface area (Å²) in [5.74, 6) is 0. The molecule has 1 aromatic heterocycles. The van der Waals surface area contributed by atoms with E-state index in [9.17, 15) is 8.42 Å². The molecule has 0 radical (unpaired) electrons. The number of thiocarbonyl (C=S) groups is 1. The second-order valence-electron chi connectivity index (χ2n) is 4.28. The average Bonchev–Trinajstić information content (AvgIpc) is 2.67. The summed E-state index contributed by atoms with van der Waals surface area (Å²) in [6.45, 7) is 5.57. The van der Waals surface area contributed by atoms with Gasteiger partial charge in [0.2, 0.25) is 0 Å². The Morgan fingerprint density at radius 2 is 2.05 bits per heavy atom. The zero-order chi connectivity index (χ0) is 14.8. The molecular weight excluding hydrogens is 368 g/mol. The van der Waals surface area contributed by atoms with Crippen LogP contribution in [0.25, 0.3) is 0 Å². The van der Waals surface area contributed by atoms with Crippen molar-refractivity contribution >= 4 is 54.5 Å². The summed E-state index contributed by atoms with van der Waals surface area (Å²) >= 11 is 9.53. The molecule has 0 spiro atoms. The molecule has 0 saturated carbocycles. The molecule has 0 aliphatic heterocycles. The van der Waals surface area contributed by atoms with Crippen molar-refractivity contribution < 1.29 is 8.42 Å². The summed E-state index contributed by atoms with van der Waals surface area (Å²) in [5, 5.41) is 0. The molecule has 19 heavy (non-hydrogen) atoms. The molecule has 0 atom stereocenters. The van der Waals surface area contributed by atoms with Gasteiger partial charge in [0.25, 0.3) is 10.0 Å². The number of aryl methyl sites for hydroxylation is 1. The molecule has 0 bridgehead atoms. The number of hydrogen-bond acceptors (Lipinski definition) is 4. The van der Waals surface area contributed by atoms with Crippen LogP contribution in [0.15, 0.2) is 14.1 Å². The highest BCUT2D eigenvalue weighted by molar-refractivity contribution is 9.11. The first-order valence-electron chi connectivity index (χ1n) is 5.78. The number of rotatable bonds is 6. The van der Waals surface area contributed by atoms with E-state index in [1.54, 1.807) is 6.07 Å². The zero-order valence-electron chi connectivity index (χ0n) is 11.0. The van der Waals surface area contributed by atoms with Gasteiger partial charge in [-0.25, -0.2) is 8.42 Å². The fourth-order valence-corrected chi connectivity index (χ4v) is 5.82. The van der Waals surface area contributed by atoms with E-state index in [1.165, 1.54) is 11.3 Å². The quantitative estimate of drug-likeness (QED) is 0.739. The molecule has 0 amide bonds. The number of nitrogens with one attached hydrogen (secondary N) is 1. The van der Waals surface area contributed by atoms with E-state index in [4.69, 9.17) is 18.0 Å². The van der Waals surface area contributed by atoms with Gasteiger partial charge >= 0.3 is 0 Å². The van der Waals surface area contributed by atoms with E-state index in [0.717, 1.165) is 9.35 Å². The van der Waals surface area contributed by atoms with Gasteiger partial charge in [0, 0.05) is 0 Å². The molecule has 4 nitrogen and oxygen atoms in total. The minimum Gasteiger partial charge on any atom is -0.392 e. The Morgan fingerprint density at radius 3 is 2.37 bits per heavy atom. The van der Waals surface area contributed by atoms with Gasteiger partial charge in [0.05, 0.1) is 14.3 Å². The third-order valence-electron chi connectivity index (χ3n) is 3.11. The normalized spacial score (nSPS) is 12.6. The lowest BCUT2D eigenvalue weighted by Gasteiger charge is -2.30. The molecule has 0 fully saturated rings. The van der Waals surface area contributed by atoms with Gasteiger partial charge in [-0.1, -0.05) is 26.1 Å². The highest BCUT2D eigenvalue weighted by Gasteiger charge is 2.35. The standard InChI is InChI=1S/C11H17BrN2O2S3/c1-4-11(5-2,10(13)17)14-19(15,16)8-6-7(3)9(12)18-8/h6,14H,4-5H2,1-3H3,(H2,13,17). The fraction of sp³-hybridized carbons (Fsp3) is 0.545. The van der Waals surface area contributed by atoms with Gasteiger partial charge in [-0.05, 0) is 47.3 Å². The molecule has 1 heterocycles. The summed E-state index contributed by atoms with van der Waals surface area (Å²) < 4.78 is 28.5. The number of hydrogen-bond donors (Lipinski definition) is 2. The lowest BCUT2D eigenvalue weighted by Crippen LogP contribution is -2.55. The molecule has 0 aliphatic carbocycles. The van der Waals surface area contributed by atoms with Crippen LogP contribution in [0.3, 0.4) is 0 Å². The SMILES string of the molecule is CCC(CC)(NS(=O)(=O)c1cc(C)c(Br)s1)C(N)=S. The topological polar surface area (TPSA) is 72.2 Å². The molecule has 1 aromatic rings. The van der Waals surface area contributed by atoms with Crippen LogP contribution in [-0.2, 0) is 10.0 Å². The van der Waals surface area contributed by atoms with Crippen LogP contribution in [0.2, 0.25) is 0 Å². The van der Waals surface area contributed by atoms with Crippen LogP contribution in [-0.4, -0.2) is 18.9 Å². The van der Waals surface area contributed by atoms with Crippen LogP contribution in [0.4, 0.5) is 0 Å². The zero-order valence-corrected chi connectivity index (χ0v) is 15.0. The fourth-order valence-electron chi connectivity index (χ4n) is 1.66. The van der Waals surface area contributed by atoms with E-state index in [0.29, 0.717) is 12.8 Å². The average molecular weight is 385 g/mol. The maximum Gasteiger partial charge on any atom is 0.250 e. The Kier molecular flexibility index (Phi) is 5.53. The van der Waals surface area contributed by atoms with Gasteiger partial charge in [-0.15, -0.1) is 11.3 Å². The van der Waals surface area contributed by atoms with Crippen LogP contribution in [0, 0.1) is 6.92 Å². The number of sulfonamides is 1. The Bertz CT molecular complexity index is 557. The molecule has 108 valence electrons. The Morgan fingerprint density at radius 1 is 1.53 bits per heavy atom. The Hall–Kier alpha value is -0.0200. The van der Waals surface area contributed by atoms with Crippen LogP contribution < -0.4 is 10.5 Å². The van der Waals surface area contributed by atoms with Crippen molar-refractivity contribution in [2.75, 3.05) is 0 Å². The minimum atomic E-state index is -3.62. The molecule has 8 heteroatoms. The van der Waals surface area contributed by atoms with E-state index in [1.807, 2.05) is 20.8 Å². The highest BCUT2D eigenvalue weighted by Crippen LogP contribution is 2.31. The van der Waals surface area contributed by atoms with Crippen LogP contribution in [0.1, 0.15) is 32.3 Å². The van der Waals surface area contributed by atoms with Gasteiger partial charge in [0.1, 0.15) is 4.21 Å². The van der Waals surface area contributed by atoms with Crippen molar-refractivity contribution in [3.63, 3.8) is 0 Å². The van der Waals surface area contributed by atoms with Crippen molar-refractivity contribution in [3.8, 4) is 0 Å². The summed E-state index contributed by atoms with van der Waals surface area (Å²) in [7, 11) is -3.62. The third-order valence-corrected chi connectivity index (χ3v) is 7.65. The summed E-state index contributed by atoms with van der Waals surface area (Å²) in [6.07, 6.45) is 1.03. The number of thiophene rings is 1. The van der Waals surface area contributed by atoms with E-state index in [-0.39, 0.29) is 9.20 Å². The first kappa shape index (κ1) is 17.0. The number of halogens is 1. The molecule has 0 aromatic carbocycles. The van der Waals surface area contributed by atoms with Crippen molar-refractivity contribution in [1.29, 1.82) is 0 Å². The molecule has 3 N–H and O–H groups in total. The molecule has 0 aliphatic rings. The second kappa shape index (κ2) is 6.17. The lowest BCUT2D eigenvalue weighted by atomic mass is 9.94. The first-order chi connectivity index (χ1) is 8.68.